The van der Waals surface area contributed by atoms with Crippen LogP contribution in [0.2, 0.25) is 0 Å². The topological polar surface area (TPSA) is 54.9 Å². The maximum atomic E-state index is 5.44. The van der Waals surface area contributed by atoms with E-state index in [-0.39, 0.29) is 0 Å². The van der Waals surface area contributed by atoms with E-state index in [2.05, 4.69) is 46.8 Å². The lowest BCUT2D eigenvalue weighted by Crippen LogP contribution is -2.38. The predicted molar refractivity (Wildman–Crippen MR) is 96.1 cm³/mol. The highest BCUT2D eigenvalue weighted by molar-refractivity contribution is 5.79. The Kier molecular flexibility index (Phi) is 11.9. The minimum absolute atomic E-state index is 0.652. The van der Waals surface area contributed by atoms with Crippen molar-refractivity contribution in [3.05, 3.63) is 35.9 Å². The molecule has 2 N–H and O–H groups in total. The standard InChI is InChI=1S/C18H31N3O2/c1-3-19-18(21-13-8-14-23-16-15-22-2)20-12-7-11-17-9-5-4-6-10-17/h4-6,9-10H,3,7-8,11-16H2,1-2H3,(H2,19,20,21). The Morgan fingerprint density at radius 1 is 1.04 bits per heavy atom. The predicted octanol–water partition coefficient (Wildman–Crippen LogP) is 2.23. The highest BCUT2D eigenvalue weighted by Crippen LogP contribution is 2.02. The molecule has 0 atom stereocenters. The number of nitrogens with zero attached hydrogens (tertiary/aromatic N) is 1. The molecule has 0 amide bonds. The van der Waals surface area contributed by atoms with Crippen LogP contribution >= 0.6 is 0 Å². The zero-order valence-corrected chi connectivity index (χ0v) is 14.5. The fraction of sp³-hybridized carbons (Fsp3) is 0.611. The number of hydrogen-bond donors (Lipinski definition) is 2. The van der Waals surface area contributed by atoms with E-state index >= 15 is 0 Å². The van der Waals surface area contributed by atoms with Crippen molar-refractivity contribution in [2.75, 3.05) is 46.6 Å². The average molecular weight is 321 g/mol. The third-order valence-corrected chi connectivity index (χ3v) is 3.27. The van der Waals surface area contributed by atoms with Gasteiger partial charge in [-0.2, -0.15) is 0 Å². The molecule has 0 bridgehead atoms. The maximum absolute atomic E-state index is 5.44. The lowest BCUT2D eigenvalue weighted by Gasteiger charge is -2.11. The summed E-state index contributed by atoms with van der Waals surface area (Å²) in [5.74, 6) is 0.887. The van der Waals surface area contributed by atoms with E-state index in [0.29, 0.717) is 13.2 Å². The first-order chi connectivity index (χ1) is 11.4. The normalized spacial score (nSPS) is 11.5. The SMILES string of the molecule is CCNC(=NCCCc1ccccc1)NCCCOCCOC. The summed E-state index contributed by atoms with van der Waals surface area (Å²) in [7, 11) is 1.68. The Labute approximate surface area is 140 Å². The number of ether oxygens (including phenoxy) is 2. The van der Waals surface area contributed by atoms with Gasteiger partial charge in [-0.15, -0.1) is 0 Å². The zero-order chi connectivity index (χ0) is 16.6. The van der Waals surface area contributed by atoms with Crippen molar-refractivity contribution >= 4 is 5.96 Å². The molecule has 1 aromatic rings. The minimum Gasteiger partial charge on any atom is -0.382 e. The van der Waals surface area contributed by atoms with Gasteiger partial charge < -0.3 is 20.1 Å². The lowest BCUT2D eigenvalue weighted by molar-refractivity contribution is 0.0698. The smallest absolute Gasteiger partial charge is 0.191 e. The third-order valence-electron chi connectivity index (χ3n) is 3.27. The second-order valence-electron chi connectivity index (χ2n) is 5.24. The monoisotopic (exact) mass is 321 g/mol. The van der Waals surface area contributed by atoms with Gasteiger partial charge in [0.15, 0.2) is 5.96 Å². The van der Waals surface area contributed by atoms with Gasteiger partial charge in [0.1, 0.15) is 0 Å². The first kappa shape index (κ1) is 19.5. The van der Waals surface area contributed by atoms with Crippen LogP contribution in [0.4, 0.5) is 0 Å². The van der Waals surface area contributed by atoms with Crippen LogP contribution in [0.3, 0.4) is 0 Å². The Morgan fingerprint density at radius 2 is 1.87 bits per heavy atom. The number of hydrogen-bond acceptors (Lipinski definition) is 3. The molecule has 0 unspecified atom stereocenters. The van der Waals surface area contributed by atoms with Crippen molar-refractivity contribution in [2.24, 2.45) is 4.99 Å². The van der Waals surface area contributed by atoms with Crippen LogP contribution < -0.4 is 10.6 Å². The summed E-state index contributed by atoms with van der Waals surface area (Å²) in [6.07, 6.45) is 3.08. The van der Waals surface area contributed by atoms with Gasteiger partial charge in [0, 0.05) is 33.4 Å². The molecule has 0 aliphatic heterocycles. The molecule has 0 saturated heterocycles. The molecule has 0 aromatic heterocycles. The molecule has 0 heterocycles. The number of guanidine groups is 1. The van der Waals surface area contributed by atoms with Crippen LogP contribution in [-0.4, -0.2) is 52.5 Å². The molecule has 0 aliphatic rings. The molecule has 5 nitrogen and oxygen atoms in total. The van der Waals surface area contributed by atoms with E-state index in [1.807, 2.05) is 6.07 Å². The zero-order valence-electron chi connectivity index (χ0n) is 14.5. The molecule has 23 heavy (non-hydrogen) atoms. The fourth-order valence-electron chi connectivity index (χ4n) is 2.09. The van der Waals surface area contributed by atoms with E-state index in [1.54, 1.807) is 7.11 Å². The fourth-order valence-corrected chi connectivity index (χ4v) is 2.09. The summed E-state index contributed by atoms with van der Waals surface area (Å²) >= 11 is 0. The van der Waals surface area contributed by atoms with Crippen LogP contribution in [-0.2, 0) is 15.9 Å². The summed E-state index contributed by atoms with van der Waals surface area (Å²) in [5.41, 5.74) is 1.37. The van der Waals surface area contributed by atoms with E-state index < -0.39 is 0 Å². The highest BCUT2D eigenvalue weighted by atomic mass is 16.5. The molecule has 0 spiro atoms. The lowest BCUT2D eigenvalue weighted by atomic mass is 10.1. The van der Waals surface area contributed by atoms with Crippen LogP contribution in [0.5, 0.6) is 0 Å². The van der Waals surface area contributed by atoms with Crippen LogP contribution in [0, 0.1) is 0 Å². The first-order valence-electron chi connectivity index (χ1n) is 8.49. The second kappa shape index (κ2) is 14.0. The van der Waals surface area contributed by atoms with Crippen molar-refractivity contribution < 1.29 is 9.47 Å². The second-order valence-corrected chi connectivity index (χ2v) is 5.24. The molecular formula is C18H31N3O2. The van der Waals surface area contributed by atoms with Gasteiger partial charge in [0.2, 0.25) is 0 Å². The summed E-state index contributed by atoms with van der Waals surface area (Å²) < 4.78 is 10.4. The van der Waals surface area contributed by atoms with Gasteiger partial charge in [-0.3, -0.25) is 4.99 Å². The van der Waals surface area contributed by atoms with Gasteiger partial charge >= 0.3 is 0 Å². The Balaban J connectivity index is 2.14. The third kappa shape index (κ3) is 10.7. The van der Waals surface area contributed by atoms with Crippen LogP contribution in [0.25, 0.3) is 0 Å². The summed E-state index contributed by atoms with van der Waals surface area (Å²) in [4.78, 5) is 4.61. The van der Waals surface area contributed by atoms with Gasteiger partial charge in [0.05, 0.1) is 13.2 Å². The molecule has 1 rings (SSSR count). The van der Waals surface area contributed by atoms with Crippen molar-refractivity contribution in [3.8, 4) is 0 Å². The average Bonchev–Trinajstić information content (AvgIpc) is 2.58. The molecule has 0 fully saturated rings. The molecule has 1 aromatic carbocycles. The first-order valence-corrected chi connectivity index (χ1v) is 8.49. The van der Waals surface area contributed by atoms with E-state index in [0.717, 1.165) is 51.5 Å². The van der Waals surface area contributed by atoms with E-state index in [1.165, 1.54) is 5.56 Å². The number of nitrogens with one attached hydrogen (secondary N) is 2. The van der Waals surface area contributed by atoms with Gasteiger partial charge in [0.25, 0.3) is 0 Å². The highest BCUT2D eigenvalue weighted by Gasteiger charge is 1.97. The Hall–Kier alpha value is -1.59. The Bertz CT molecular complexity index is 410. The summed E-state index contributed by atoms with van der Waals surface area (Å²) in [6.45, 7) is 6.68. The summed E-state index contributed by atoms with van der Waals surface area (Å²) in [6, 6.07) is 10.5. The molecule has 0 radical (unpaired) electrons. The number of rotatable bonds is 12. The van der Waals surface area contributed by atoms with E-state index in [9.17, 15) is 0 Å². The van der Waals surface area contributed by atoms with Gasteiger partial charge in [-0.1, -0.05) is 30.3 Å². The molecule has 0 aliphatic carbocycles. The minimum atomic E-state index is 0.652. The molecule has 5 heteroatoms. The van der Waals surface area contributed by atoms with Crippen LogP contribution in [0.1, 0.15) is 25.3 Å². The summed E-state index contributed by atoms with van der Waals surface area (Å²) in [5, 5.41) is 6.61. The van der Waals surface area contributed by atoms with Gasteiger partial charge in [-0.25, -0.2) is 0 Å². The number of aryl methyl sites for hydroxylation is 1. The maximum Gasteiger partial charge on any atom is 0.191 e. The number of aliphatic imine (C=N–C) groups is 1. The van der Waals surface area contributed by atoms with E-state index in [4.69, 9.17) is 9.47 Å². The largest absolute Gasteiger partial charge is 0.382 e. The Morgan fingerprint density at radius 3 is 2.61 bits per heavy atom. The quantitative estimate of drug-likeness (QED) is 0.352. The van der Waals surface area contributed by atoms with Crippen molar-refractivity contribution in [2.45, 2.75) is 26.2 Å². The molecular weight excluding hydrogens is 290 g/mol. The molecule has 0 saturated carbocycles. The van der Waals surface area contributed by atoms with Crippen molar-refractivity contribution in [1.82, 2.24) is 10.6 Å². The van der Waals surface area contributed by atoms with Crippen molar-refractivity contribution in [3.63, 3.8) is 0 Å². The van der Waals surface area contributed by atoms with Crippen molar-refractivity contribution in [1.29, 1.82) is 0 Å². The number of benzene rings is 1. The molecule has 130 valence electrons. The number of methoxy groups -OCH3 is 1. The van der Waals surface area contributed by atoms with Crippen LogP contribution in [0.15, 0.2) is 35.3 Å². The van der Waals surface area contributed by atoms with Gasteiger partial charge in [-0.05, 0) is 31.7 Å².